The fraction of sp³-hybridized carbons (Fsp3) is 0.600. The quantitative estimate of drug-likeness (QED) is 0.806. The molecule has 0 aromatic heterocycles. The summed E-state index contributed by atoms with van der Waals surface area (Å²) in [6.45, 7) is 7.50. The van der Waals surface area contributed by atoms with Crippen molar-refractivity contribution in [1.29, 1.82) is 0 Å². The molecule has 0 aliphatic carbocycles. The van der Waals surface area contributed by atoms with Crippen molar-refractivity contribution in [3.8, 4) is 0 Å². The van der Waals surface area contributed by atoms with Gasteiger partial charge in [0.2, 0.25) is 0 Å². The number of piperidine rings is 1. The van der Waals surface area contributed by atoms with Crippen LogP contribution in [-0.2, 0) is 14.3 Å². The van der Waals surface area contributed by atoms with Gasteiger partial charge in [-0.1, -0.05) is 18.2 Å². The Balaban J connectivity index is 2.05. The number of carbonyl (C=O) groups excluding carboxylic acids is 2. The Bertz CT molecular complexity index is 598. The van der Waals surface area contributed by atoms with Crippen LogP contribution < -0.4 is 4.90 Å². The molecular formula is C20H30N2O4. The maximum absolute atomic E-state index is 12.5. The van der Waals surface area contributed by atoms with Crippen molar-refractivity contribution < 1.29 is 19.1 Å². The standard InChI is InChI=1S/C20H30N2O4/c1-20(2,3)26-19(24)21-12-8-9-16(13-21)14-22(18(23)15-25-4)17-10-6-5-7-11-17/h5-7,10-11,16H,8-9,12-15H2,1-4H3. The van der Waals surface area contributed by atoms with Crippen LogP contribution in [0.4, 0.5) is 10.5 Å². The molecule has 1 heterocycles. The van der Waals surface area contributed by atoms with E-state index in [1.54, 1.807) is 9.80 Å². The largest absolute Gasteiger partial charge is 0.444 e. The number of rotatable bonds is 5. The van der Waals surface area contributed by atoms with Gasteiger partial charge in [-0.05, 0) is 51.7 Å². The molecule has 0 saturated carbocycles. The first-order valence-electron chi connectivity index (χ1n) is 9.12. The molecule has 144 valence electrons. The summed E-state index contributed by atoms with van der Waals surface area (Å²) in [5.41, 5.74) is 0.345. The first-order chi connectivity index (χ1) is 12.3. The summed E-state index contributed by atoms with van der Waals surface area (Å²) in [6.07, 6.45) is 1.60. The number of amides is 2. The van der Waals surface area contributed by atoms with Crippen LogP contribution >= 0.6 is 0 Å². The molecule has 1 aliphatic rings. The first kappa shape index (κ1) is 20.2. The highest BCUT2D eigenvalue weighted by atomic mass is 16.6. The number of carbonyl (C=O) groups is 2. The Morgan fingerprint density at radius 1 is 1.23 bits per heavy atom. The normalized spacial score (nSPS) is 17.7. The van der Waals surface area contributed by atoms with Crippen molar-refractivity contribution in [3.63, 3.8) is 0 Å². The van der Waals surface area contributed by atoms with Gasteiger partial charge in [-0.25, -0.2) is 4.79 Å². The van der Waals surface area contributed by atoms with Gasteiger partial charge in [0.05, 0.1) is 0 Å². The van der Waals surface area contributed by atoms with Crippen molar-refractivity contribution in [2.45, 2.75) is 39.2 Å². The molecule has 1 saturated heterocycles. The fourth-order valence-corrected chi connectivity index (χ4v) is 3.13. The monoisotopic (exact) mass is 362 g/mol. The minimum Gasteiger partial charge on any atom is -0.444 e. The van der Waals surface area contributed by atoms with Gasteiger partial charge in [-0.2, -0.15) is 0 Å². The molecule has 0 bridgehead atoms. The minimum atomic E-state index is -0.505. The Labute approximate surface area is 156 Å². The van der Waals surface area contributed by atoms with Gasteiger partial charge in [-0.15, -0.1) is 0 Å². The van der Waals surface area contributed by atoms with Crippen molar-refractivity contribution in [3.05, 3.63) is 30.3 Å². The van der Waals surface area contributed by atoms with Gasteiger partial charge >= 0.3 is 6.09 Å². The van der Waals surface area contributed by atoms with Gasteiger partial charge < -0.3 is 19.3 Å². The van der Waals surface area contributed by atoms with E-state index in [0.29, 0.717) is 19.6 Å². The van der Waals surface area contributed by atoms with Crippen molar-refractivity contribution >= 4 is 17.7 Å². The second-order valence-corrected chi connectivity index (χ2v) is 7.71. The van der Waals surface area contributed by atoms with Crippen LogP contribution in [0.1, 0.15) is 33.6 Å². The number of methoxy groups -OCH3 is 1. The topological polar surface area (TPSA) is 59.1 Å². The maximum Gasteiger partial charge on any atom is 0.410 e. The summed E-state index contributed by atoms with van der Waals surface area (Å²) < 4.78 is 10.5. The van der Waals surface area contributed by atoms with E-state index < -0.39 is 5.60 Å². The molecule has 1 atom stereocenters. The lowest BCUT2D eigenvalue weighted by Crippen LogP contribution is -2.47. The van der Waals surface area contributed by atoms with Gasteiger partial charge in [0.1, 0.15) is 12.2 Å². The second kappa shape index (κ2) is 9.03. The molecule has 0 spiro atoms. The van der Waals surface area contributed by atoms with Crippen molar-refractivity contribution in [1.82, 2.24) is 4.90 Å². The summed E-state index contributed by atoms with van der Waals surface area (Å²) in [5, 5.41) is 0. The highest BCUT2D eigenvalue weighted by Gasteiger charge is 2.29. The van der Waals surface area contributed by atoms with E-state index in [0.717, 1.165) is 18.5 Å². The van der Waals surface area contributed by atoms with E-state index in [4.69, 9.17) is 9.47 Å². The molecular weight excluding hydrogens is 332 g/mol. The van der Waals surface area contributed by atoms with Crippen LogP contribution in [-0.4, -0.2) is 55.9 Å². The predicted molar refractivity (Wildman–Crippen MR) is 101 cm³/mol. The van der Waals surface area contributed by atoms with Gasteiger partial charge in [0.25, 0.3) is 5.91 Å². The second-order valence-electron chi connectivity index (χ2n) is 7.71. The zero-order valence-corrected chi connectivity index (χ0v) is 16.2. The highest BCUT2D eigenvalue weighted by Crippen LogP contribution is 2.23. The van der Waals surface area contributed by atoms with E-state index in [9.17, 15) is 9.59 Å². The van der Waals surface area contributed by atoms with Crippen LogP contribution in [0.15, 0.2) is 30.3 Å². The van der Waals surface area contributed by atoms with Crippen LogP contribution in [0.2, 0.25) is 0 Å². The molecule has 0 radical (unpaired) electrons. The molecule has 1 aliphatic heterocycles. The van der Waals surface area contributed by atoms with Gasteiger partial charge in [0, 0.05) is 32.4 Å². The Hall–Kier alpha value is -2.08. The maximum atomic E-state index is 12.5. The van der Waals surface area contributed by atoms with Crippen LogP contribution in [0.5, 0.6) is 0 Å². The Morgan fingerprint density at radius 2 is 1.92 bits per heavy atom. The molecule has 2 amide bonds. The average molecular weight is 362 g/mol. The van der Waals surface area contributed by atoms with E-state index >= 15 is 0 Å². The minimum absolute atomic E-state index is 0.0391. The lowest BCUT2D eigenvalue weighted by Gasteiger charge is -2.36. The van der Waals surface area contributed by atoms with Crippen LogP contribution in [0.3, 0.4) is 0 Å². The average Bonchev–Trinajstić information content (AvgIpc) is 2.59. The third kappa shape index (κ3) is 6.02. The zero-order valence-electron chi connectivity index (χ0n) is 16.2. The van der Waals surface area contributed by atoms with E-state index in [-0.39, 0.29) is 24.5 Å². The molecule has 2 rings (SSSR count). The molecule has 26 heavy (non-hydrogen) atoms. The van der Waals surface area contributed by atoms with Crippen LogP contribution in [0, 0.1) is 5.92 Å². The third-order valence-corrected chi connectivity index (χ3v) is 4.25. The summed E-state index contributed by atoms with van der Waals surface area (Å²) in [5.74, 6) is 0.130. The first-order valence-corrected chi connectivity index (χ1v) is 9.12. The number of para-hydroxylation sites is 1. The molecule has 1 unspecified atom stereocenters. The predicted octanol–water partition coefficient (Wildman–Crippen LogP) is 3.31. The Morgan fingerprint density at radius 3 is 2.54 bits per heavy atom. The third-order valence-electron chi connectivity index (χ3n) is 4.25. The molecule has 1 fully saturated rings. The molecule has 0 N–H and O–H groups in total. The summed E-state index contributed by atoms with van der Waals surface area (Å²) in [4.78, 5) is 28.4. The summed E-state index contributed by atoms with van der Waals surface area (Å²) >= 11 is 0. The molecule has 1 aromatic carbocycles. The lowest BCUT2D eigenvalue weighted by atomic mass is 9.97. The number of hydrogen-bond donors (Lipinski definition) is 0. The fourth-order valence-electron chi connectivity index (χ4n) is 3.13. The summed E-state index contributed by atoms with van der Waals surface area (Å²) in [7, 11) is 1.52. The van der Waals surface area contributed by atoms with Gasteiger partial charge in [-0.3, -0.25) is 4.79 Å². The molecule has 1 aromatic rings. The smallest absolute Gasteiger partial charge is 0.410 e. The van der Waals surface area contributed by atoms with E-state index in [1.165, 1.54) is 7.11 Å². The number of nitrogens with zero attached hydrogens (tertiary/aromatic N) is 2. The molecule has 6 heteroatoms. The number of benzene rings is 1. The summed E-state index contributed by atoms with van der Waals surface area (Å²) in [6, 6.07) is 9.59. The highest BCUT2D eigenvalue weighted by molar-refractivity contribution is 5.94. The number of ether oxygens (including phenoxy) is 2. The molecule has 6 nitrogen and oxygen atoms in total. The Kier molecular flexibility index (Phi) is 7.03. The number of anilines is 1. The van der Waals surface area contributed by atoms with E-state index in [2.05, 4.69) is 0 Å². The lowest BCUT2D eigenvalue weighted by molar-refractivity contribution is -0.122. The van der Waals surface area contributed by atoms with Gasteiger partial charge in [0.15, 0.2) is 0 Å². The zero-order chi connectivity index (χ0) is 19.2. The van der Waals surface area contributed by atoms with Crippen molar-refractivity contribution in [2.75, 3.05) is 38.3 Å². The van der Waals surface area contributed by atoms with E-state index in [1.807, 2.05) is 51.1 Å². The van der Waals surface area contributed by atoms with Crippen molar-refractivity contribution in [2.24, 2.45) is 5.92 Å². The SMILES string of the molecule is COCC(=O)N(CC1CCCN(C(=O)OC(C)(C)C)C1)c1ccccc1. The number of likely N-dealkylation sites (tertiary alicyclic amines) is 1. The van der Waals surface area contributed by atoms with Crippen LogP contribution in [0.25, 0.3) is 0 Å². The number of hydrogen-bond acceptors (Lipinski definition) is 4.